The van der Waals surface area contributed by atoms with Crippen LogP contribution < -0.4 is 5.73 Å². The van der Waals surface area contributed by atoms with Gasteiger partial charge in [-0.2, -0.15) is 0 Å². The SMILES string of the molecule is CC(OC1CC(N)C12CCCCCC2)c1ccccc1. The van der Waals surface area contributed by atoms with E-state index in [0.29, 0.717) is 12.1 Å². The van der Waals surface area contributed by atoms with Crippen LogP contribution in [0.5, 0.6) is 0 Å². The molecule has 0 aromatic heterocycles. The molecule has 2 saturated carbocycles. The third-order valence-electron chi connectivity index (χ3n) is 5.52. The fourth-order valence-corrected chi connectivity index (χ4v) is 4.10. The van der Waals surface area contributed by atoms with Gasteiger partial charge in [0.15, 0.2) is 0 Å². The van der Waals surface area contributed by atoms with E-state index in [0.717, 1.165) is 6.42 Å². The summed E-state index contributed by atoms with van der Waals surface area (Å²) < 4.78 is 6.41. The Morgan fingerprint density at radius 3 is 2.35 bits per heavy atom. The average molecular weight is 273 g/mol. The maximum atomic E-state index is 6.41. The summed E-state index contributed by atoms with van der Waals surface area (Å²) >= 11 is 0. The van der Waals surface area contributed by atoms with Crippen molar-refractivity contribution in [2.45, 2.75) is 70.1 Å². The summed E-state index contributed by atoms with van der Waals surface area (Å²) in [5, 5.41) is 0. The lowest BCUT2D eigenvalue weighted by molar-refractivity contribution is -0.159. The molecule has 0 aliphatic heterocycles. The quantitative estimate of drug-likeness (QED) is 0.895. The second kappa shape index (κ2) is 5.87. The third-order valence-corrected chi connectivity index (χ3v) is 5.52. The summed E-state index contributed by atoms with van der Waals surface area (Å²) in [5.74, 6) is 0. The molecular weight excluding hydrogens is 246 g/mol. The Bertz CT molecular complexity index is 422. The first-order valence-electron chi connectivity index (χ1n) is 8.18. The van der Waals surface area contributed by atoms with Crippen molar-refractivity contribution in [1.29, 1.82) is 0 Å². The van der Waals surface area contributed by atoms with E-state index in [1.807, 2.05) is 0 Å². The smallest absolute Gasteiger partial charge is 0.0800 e. The largest absolute Gasteiger partial charge is 0.370 e. The van der Waals surface area contributed by atoms with E-state index in [-0.39, 0.29) is 11.5 Å². The summed E-state index contributed by atoms with van der Waals surface area (Å²) in [6.07, 6.45) is 9.50. The zero-order valence-corrected chi connectivity index (χ0v) is 12.6. The van der Waals surface area contributed by atoms with Gasteiger partial charge in [-0.15, -0.1) is 0 Å². The Labute approximate surface area is 122 Å². The summed E-state index contributed by atoms with van der Waals surface area (Å²) in [6, 6.07) is 10.9. The molecule has 0 bridgehead atoms. The van der Waals surface area contributed by atoms with Crippen LogP contribution in [0.2, 0.25) is 0 Å². The fraction of sp³-hybridized carbons (Fsp3) is 0.667. The molecule has 1 aromatic rings. The van der Waals surface area contributed by atoms with Gasteiger partial charge in [-0.25, -0.2) is 0 Å². The zero-order valence-electron chi connectivity index (χ0n) is 12.6. The number of hydrogen-bond donors (Lipinski definition) is 1. The van der Waals surface area contributed by atoms with Crippen LogP contribution in [0.15, 0.2) is 30.3 Å². The van der Waals surface area contributed by atoms with E-state index in [2.05, 4.69) is 37.3 Å². The zero-order chi connectivity index (χ0) is 14.0. The molecule has 0 amide bonds. The van der Waals surface area contributed by atoms with Crippen LogP contribution >= 0.6 is 0 Å². The van der Waals surface area contributed by atoms with E-state index in [1.165, 1.54) is 44.1 Å². The van der Waals surface area contributed by atoms with Crippen LogP contribution in [-0.4, -0.2) is 12.1 Å². The van der Waals surface area contributed by atoms with Crippen molar-refractivity contribution in [3.05, 3.63) is 35.9 Å². The van der Waals surface area contributed by atoms with Crippen molar-refractivity contribution in [2.24, 2.45) is 11.1 Å². The molecule has 1 spiro atoms. The lowest BCUT2D eigenvalue weighted by Crippen LogP contribution is -2.62. The minimum Gasteiger partial charge on any atom is -0.370 e. The molecule has 110 valence electrons. The van der Waals surface area contributed by atoms with Crippen LogP contribution in [-0.2, 0) is 4.74 Å². The molecule has 3 unspecified atom stereocenters. The molecule has 2 nitrogen and oxygen atoms in total. The van der Waals surface area contributed by atoms with Gasteiger partial charge in [-0.05, 0) is 31.7 Å². The van der Waals surface area contributed by atoms with Gasteiger partial charge >= 0.3 is 0 Å². The Hall–Kier alpha value is -0.860. The summed E-state index contributed by atoms with van der Waals surface area (Å²) in [6.45, 7) is 2.17. The molecule has 3 rings (SSSR count). The van der Waals surface area contributed by atoms with Gasteiger partial charge in [0, 0.05) is 11.5 Å². The molecule has 0 saturated heterocycles. The van der Waals surface area contributed by atoms with Crippen LogP contribution in [0.3, 0.4) is 0 Å². The monoisotopic (exact) mass is 273 g/mol. The molecule has 0 heterocycles. The molecule has 2 heteroatoms. The van der Waals surface area contributed by atoms with Crippen molar-refractivity contribution in [3.8, 4) is 0 Å². The van der Waals surface area contributed by atoms with Gasteiger partial charge < -0.3 is 10.5 Å². The number of rotatable bonds is 3. The van der Waals surface area contributed by atoms with E-state index in [9.17, 15) is 0 Å². The molecule has 1 aromatic carbocycles. The fourth-order valence-electron chi connectivity index (χ4n) is 4.10. The lowest BCUT2D eigenvalue weighted by Gasteiger charge is -2.55. The Morgan fingerprint density at radius 2 is 1.75 bits per heavy atom. The Morgan fingerprint density at radius 1 is 1.10 bits per heavy atom. The Balaban J connectivity index is 1.68. The van der Waals surface area contributed by atoms with E-state index < -0.39 is 0 Å². The molecule has 2 fully saturated rings. The summed E-state index contributed by atoms with van der Waals surface area (Å²) in [4.78, 5) is 0. The first-order chi connectivity index (χ1) is 9.72. The van der Waals surface area contributed by atoms with Crippen molar-refractivity contribution >= 4 is 0 Å². The minimum absolute atomic E-state index is 0.175. The first kappa shape index (κ1) is 14.1. The summed E-state index contributed by atoms with van der Waals surface area (Å²) in [5.41, 5.74) is 7.93. The molecule has 0 radical (unpaired) electrons. The molecular formula is C18H27NO. The molecule has 2 aliphatic rings. The second-order valence-corrected chi connectivity index (χ2v) is 6.67. The topological polar surface area (TPSA) is 35.2 Å². The van der Waals surface area contributed by atoms with E-state index in [1.54, 1.807) is 0 Å². The van der Waals surface area contributed by atoms with Crippen molar-refractivity contribution in [1.82, 2.24) is 0 Å². The molecule has 2 aliphatic carbocycles. The number of nitrogens with two attached hydrogens (primary N) is 1. The van der Waals surface area contributed by atoms with Crippen molar-refractivity contribution in [3.63, 3.8) is 0 Å². The molecule has 2 N–H and O–H groups in total. The van der Waals surface area contributed by atoms with E-state index >= 15 is 0 Å². The van der Waals surface area contributed by atoms with Gasteiger partial charge in [0.25, 0.3) is 0 Å². The van der Waals surface area contributed by atoms with Gasteiger partial charge in [-0.3, -0.25) is 0 Å². The lowest BCUT2D eigenvalue weighted by atomic mass is 9.58. The van der Waals surface area contributed by atoms with Gasteiger partial charge in [0.05, 0.1) is 12.2 Å². The summed E-state index contributed by atoms with van der Waals surface area (Å²) in [7, 11) is 0. The van der Waals surface area contributed by atoms with Crippen LogP contribution in [0.25, 0.3) is 0 Å². The molecule has 3 atom stereocenters. The third kappa shape index (κ3) is 2.51. The number of hydrogen-bond acceptors (Lipinski definition) is 2. The standard InChI is InChI=1S/C18H27NO/c1-14(15-9-5-4-6-10-15)20-17-13-16(19)18(17)11-7-2-3-8-12-18/h4-6,9-10,14,16-17H,2-3,7-8,11-13,19H2,1H3. The van der Waals surface area contributed by atoms with E-state index in [4.69, 9.17) is 10.5 Å². The maximum absolute atomic E-state index is 6.41. The van der Waals surface area contributed by atoms with Crippen LogP contribution in [0.1, 0.15) is 63.5 Å². The van der Waals surface area contributed by atoms with Crippen LogP contribution in [0.4, 0.5) is 0 Å². The number of benzene rings is 1. The second-order valence-electron chi connectivity index (χ2n) is 6.67. The predicted octanol–water partition coefficient (Wildman–Crippen LogP) is 4.20. The highest BCUT2D eigenvalue weighted by Gasteiger charge is 2.53. The normalized spacial score (nSPS) is 30.5. The van der Waals surface area contributed by atoms with Gasteiger partial charge in [0.2, 0.25) is 0 Å². The minimum atomic E-state index is 0.175. The van der Waals surface area contributed by atoms with Gasteiger partial charge in [-0.1, -0.05) is 56.0 Å². The highest BCUT2D eigenvalue weighted by Crippen LogP contribution is 2.52. The highest BCUT2D eigenvalue weighted by atomic mass is 16.5. The molecule has 20 heavy (non-hydrogen) atoms. The van der Waals surface area contributed by atoms with Gasteiger partial charge in [0.1, 0.15) is 0 Å². The van der Waals surface area contributed by atoms with Crippen molar-refractivity contribution in [2.75, 3.05) is 0 Å². The van der Waals surface area contributed by atoms with Crippen LogP contribution in [0, 0.1) is 5.41 Å². The Kier molecular flexibility index (Phi) is 4.13. The van der Waals surface area contributed by atoms with Crippen molar-refractivity contribution < 1.29 is 4.74 Å². The maximum Gasteiger partial charge on any atom is 0.0800 e. The average Bonchev–Trinajstić information content (AvgIpc) is 2.76. The predicted molar refractivity (Wildman–Crippen MR) is 82.5 cm³/mol. The first-order valence-corrected chi connectivity index (χ1v) is 8.18. The highest BCUT2D eigenvalue weighted by molar-refractivity contribution is 5.17. The number of ether oxygens (including phenoxy) is 1.